The number of hydrogen-bond acceptors (Lipinski definition) is 8. The minimum atomic E-state index is -4.58. The van der Waals surface area contributed by atoms with Crippen molar-refractivity contribution in [1.29, 1.82) is 0 Å². The van der Waals surface area contributed by atoms with E-state index in [1.807, 2.05) is 6.92 Å². The van der Waals surface area contributed by atoms with Crippen LogP contribution in [-0.4, -0.2) is 59.0 Å². The minimum Gasteiger partial charge on any atom is -0.369 e. The number of halogens is 3. The predicted molar refractivity (Wildman–Crippen MR) is 130 cm³/mol. The summed E-state index contributed by atoms with van der Waals surface area (Å²) < 4.78 is 40.5. The molecule has 12 heteroatoms. The lowest BCUT2D eigenvalue weighted by molar-refractivity contribution is -0.137. The van der Waals surface area contributed by atoms with Crippen LogP contribution in [0.2, 0.25) is 0 Å². The Balaban J connectivity index is 1.38. The number of piperidine rings is 1. The van der Waals surface area contributed by atoms with E-state index >= 15 is 0 Å². The Kier molecular flexibility index (Phi) is 8.10. The van der Waals surface area contributed by atoms with Crippen molar-refractivity contribution in [3.8, 4) is 0 Å². The first-order valence-corrected chi connectivity index (χ1v) is 12.9. The van der Waals surface area contributed by atoms with Gasteiger partial charge in [-0.05, 0) is 59.2 Å². The molecule has 1 saturated heterocycles. The van der Waals surface area contributed by atoms with Gasteiger partial charge < -0.3 is 20.9 Å². The van der Waals surface area contributed by atoms with Crippen molar-refractivity contribution in [2.75, 3.05) is 43.9 Å². The highest BCUT2D eigenvalue weighted by Gasteiger charge is 2.35. The molecule has 1 aliphatic carbocycles. The molecule has 0 spiro atoms. The molecule has 2 aliphatic rings. The van der Waals surface area contributed by atoms with Crippen molar-refractivity contribution >= 4 is 34.0 Å². The zero-order valence-corrected chi connectivity index (χ0v) is 20.9. The van der Waals surface area contributed by atoms with Crippen molar-refractivity contribution in [3.63, 3.8) is 0 Å². The van der Waals surface area contributed by atoms with Crippen LogP contribution in [0.15, 0.2) is 6.20 Å². The third kappa shape index (κ3) is 6.60. The van der Waals surface area contributed by atoms with E-state index in [4.69, 9.17) is 4.98 Å². The van der Waals surface area contributed by atoms with E-state index < -0.39 is 11.7 Å². The smallest absolute Gasteiger partial charge is 0.369 e. The van der Waals surface area contributed by atoms with E-state index in [0.717, 1.165) is 67.1 Å². The van der Waals surface area contributed by atoms with Crippen LogP contribution < -0.4 is 16.0 Å². The number of hydrogen-bond donors (Lipinski definition) is 3. The maximum atomic E-state index is 13.5. The van der Waals surface area contributed by atoms with Gasteiger partial charge in [-0.2, -0.15) is 18.2 Å². The maximum Gasteiger partial charge on any atom is 0.421 e. The van der Waals surface area contributed by atoms with Gasteiger partial charge in [0.15, 0.2) is 0 Å². The molecule has 1 amide bonds. The number of aromatic nitrogens is 3. The molecule has 0 unspecified atom stereocenters. The molecule has 2 aromatic rings. The average Bonchev–Trinajstić information content (AvgIpc) is 3.12. The van der Waals surface area contributed by atoms with E-state index in [1.165, 1.54) is 11.3 Å². The molecule has 2 fully saturated rings. The third-order valence-corrected chi connectivity index (χ3v) is 7.86. The number of thiazole rings is 1. The van der Waals surface area contributed by atoms with Crippen LogP contribution in [0.1, 0.15) is 60.7 Å². The Morgan fingerprint density at radius 3 is 2.57 bits per heavy atom. The fraction of sp³-hybridized carbons (Fsp3) is 0.652. The van der Waals surface area contributed by atoms with E-state index in [-0.39, 0.29) is 30.1 Å². The molecule has 192 valence electrons. The minimum absolute atomic E-state index is 0.0281. The first kappa shape index (κ1) is 25.6. The Hall–Kier alpha value is -2.47. The standard InChI is InChI=1S/C23H32F3N7OS/c1-14-20(35-21(30-14)16-7-11-33(2)12-8-16)32-22-29-13-17(23(24,25)26)18(31-22)27-9-4-10-28-19(34)15-5-3-6-15/h13,15-16H,3-12H2,1-2H3,(H,28,34)(H2,27,29,31,32). The van der Waals surface area contributed by atoms with Gasteiger partial charge in [0.25, 0.3) is 0 Å². The molecular weight excluding hydrogens is 479 g/mol. The van der Waals surface area contributed by atoms with Crippen molar-refractivity contribution in [1.82, 2.24) is 25.2 Å². The number of carbonyl (C=O) groups excluding carboxylic acids is 1. The van der Waals surface area contributed by atoms with Crippen molar-refractivity contribution in [3.05, 3.63) is 22.5 Å². The van der Waals surface area contributed by atoms with Gasteiger partial charge in [-0.3, -0.25) is 4.79 Å². The Bertz CT molecular complexity index is 1020. The summed E-state index contributed by atoms with van der Waals surface area (Å²) in [5, 5.41) is 10.5. The maximum absolute atomic E-state index is 13.5. The molecule has 0 radical (unpaired) electrons. The molecule has 4 rings (SSSR count). The fourth-order valence-electron chi connectivity index (χ4n) is 4.17. The number of amides is 1. The number of nitrogens with zero attached hydrogens (tertiary/aromatic N) is 4. The van der Waals surface area contributed by atoms with Gasteiger partial charge in [0, 0.05) is 31.1 Å². The lowest BCUT2D eigenvalue weighted by Gasteiger charge is -2.27. The van der Waals surface area contributed by atoms with Crippen molar-refractivity contribution in [2.45, 2.75) is 57.5 Å². The van der Waals surface area contributed by atoms with E-state index in [0.29, 0.717) is 18.9 Å². The molecule has 1 saturated carbocycles. The fourth-order valence-corrected chi connectivity index (χ4v) is 5.30. The van der Waals surface area contributed by atoms with Crippen LogP contribution in [0.25, 0.3) is 0 Å². The van der Waals surface area contributed by atoms with E-state index in [9.17, 15) is 18.0 Å². The molecule has 3 N–H and O–H groups in total. The number of anilines is 3. The molecule has 0 bridgehead atoms. The van der Waals surface area contributed by atoms with Gasteiger partial charge in [0.05, 0.1) is 10.7 Å². The lowest BCUT2D eigenvalue weighted by Crippen LogP contribution is -2.35. The van der Waals surface area contributed by atoms with Crippen LogP contribution in [0.5, 0.6) is 0 Å². The highest BCUT2D eigenvalue weighted by Crippen LogP contribution is 2.37. The van der Waals surface area contributed by atoms with Gasteiger partial charge in [0.1, 0.15) is 16.4 Å². The van der Waals surface area contributed by atoms with Gasteiger partial charge >= 0.3 is 6.18 Å². The van der Waals surface area contributed by atoms with Crippen LogP contribution in [0.3, 0.4) is 0 Å². The summed E-state index contributed by atoms with van der Waals surface area (Å²) in [5.41, 5.74) is -0.140. The second-order valence-corrected chi connectivity index (χ2v) is 10.4. The Labute approximate surface area is 207 Å². The summed E-state index contributed by atoms with van der Waals surface area (Å²) >= 11 is 1.51. The number of likely N-dealkylation sites (tertiary alicyclic amines) is 1. The highest BCUT2D eigenvalue weighted by atomic mass is 32.1. The van der Waals surface area contributed by atoms with Crippen LogP contribution >= 0.6 is 11.3 Å². The Morgan fingerprint density at radius 1 is 1.17 bits per heavy atom. The average molecular weight is 512 g/mol. The number of alkyl halides is 3. The predicted octanol–water partition coefficient (Wildman–Crippen LogP) is 4.53. The van der Waals surface area contributed by atoms with Gasteiger partial charge in [-0.1, -0.05) is 6.42 Å². The van der Waals surface area contributed by atoms with Crippen molar-refractivity contribution in [2.24, 2.45) is 5.92 Å². The quantitative estimate of drug-likeness (QED) is 0.426. The first-order valence-electron chi connectivity index (χ1n) is 12.1. The normalized spacial score (nSPS) is 17.7. The summed E-state index contributed by atoms with van der Waals surface area (Å²) in [7, 11) is 2.11. The molecule has 0 aromatic carbocycles. The molecule has 2 aromatic heterocycles. The van der Waals surface area contributed by atoms with E-state index in [2.05, 4.69) is 37.9 Å². The second kappa shape index (κ2) is 11.1. The number of aryl methyl sites for hydroxylation is 1. The molecule has 35 heavy (non-hydrogen) atoms. The van der Waals surface area contributed by atoms with Crippen LogP contribution in [0.4, 0.5) is 29.9 Å². The van der Waals surface area contributed by atoms with Crippen LogP contribution in [0, 0.1) is 12.8 Å². The molecule has 8 nitrogen and oxygen atoms in total. The SMILES string of the molecule is Cc1nc(C2CCN(C)CC2)sc1Nc1ncc(C(F)(F)F)c(NCCCNC(=O)C2CCC2)n1. The summed E-state index contributed by atoms with van der Waals surface area (Å²) in [6.45, 7) is 4.56. The zero-order valence-electron chi connectivity index (χ0n) is 20.0. The van der Waals surface area contributed by atoms with Crippen LogP contribution in [-0.2, 0) is 11.0 Å². The highest BCUT2D eigenvalue weighted by molar-refractivity contribution is 7.16. The molecule has 3 heterocycles. The summed E-state index contributed by atoms with van der Waals surface area (Å²) in [6, 6.07) is 0. The summed E-state index contributed by atoms with van der Waals surface area (Å²) in [6.07, 6.45) is 1.67. The molecular formula is C23H32F3N7OS. The first-order chi connectivity index (χ1) is 16.7. The summed E-state index contributed by atoms with van der Waals surface area (Å²) in [4.78, 5) is 26.9. The second-order valence-electron chi connectivity index (χ2n) is 9.32. The van der Waals surface area contributed by atoms with E-state index in [1.54, 1.807) is 0 Å². The molecule has 0 atom stereocenters. The lowest BCUT2D eigenvalue weighted by atomic mass is 9.85. The topological polar surface area (TPSA) is 95.1 Å². The summed E-state index contributed by atoms with van der Waals surface area (Å²) in [5.74, 6) is 0.310. The van der Waals surface area contributed by atoms with Gasteiger partial charge in [-0.15, -0.1) is 11.3 Å². The van der Waals surface area contributed by atoms with Gasteiger partial charge in [-0.25, -0.2) is 9.97 Å². The zero-order chi connectivity index (χ0) is 25.0. The Morgan fingerprint density at radius 2 is 1.91 bits per heavy atom. The third-order valence-electron chi connectivity index (χ3n) is 6.62. The van der Waals surface area contributed by atoms with Gasteiger partial charge in [0.2, 0.25) is 11.9 Å². The largest absolute Gasteiger partial charge is 0.421 e. The number of nitrogens with one attached hydrogen (secondary N) is 3. The number of carbonyl (C=O) groups is 1. The van der Waals surface area contributed by atoms with Crippen molar-refractivity contribution < 1.29 is 18.0 Å². The molecule has 1 aliphatic heterocycles. The monoisotopic (exact) mass is 511 g/mol. The number of rotatable bonds is 9.